The molecule has 6 heteroatoms. The molecule has 0 spiro atoms. The minimum atomic E-state index is -4.65. The molecule has 4 nitrogen and oxygen atoms in total. The summed E-state index contributed by atoms with van der Waals surface area (Å²) in [5.41, 5.74) is 0. The first-order valence-corrected chi connectivity index (χ1v) is 4.96. The Morgan fingerprint density at radius 2 is 2.23 bits per heavy atom. The third kappa shape index (κ3) is 2.66. The average Bonchev–Trinajstić information content (AvgIpc) is 2.04. The van der Waals surface area contributed by atoms with Crippen molar-refractivity contribution < 1.29 is 17.0 Å². The van der Waals surface area contributed by atoms with Crippen molar-refractivity contribution in [3.05, 3.63) is 18.3 Å². The van der Waals surface area contributed by atoms with Crippen molar-refractivity contribution in [3.63, 3.8) is 0 Å². The number of hydrogen-bond donors (Lipinski definition) is 0. The number of rotatable bonds is 3. The molecule has 0 bridgehead atoms. The molecular weight excluding hydrogens is 197 g/mol. The van der Waals surface area contributed by atoms with Crippen LogP contribution in [0.25, 0.3) is 0 Å². The van der Waals surface area contributed by atoms with Crippen LogP contribution in [0, 0.1) is 0 Å². The number of nitrogens with zero attached hydrogens (tertiary/aromatic N) is 1. The van der Waals surface area contributed by atoms with Crippen LogP contribution in [0.1, 0.15) is 6.92 Å². The second-order valence-corrected chi connectivity index (χ2v) is 3.55. The predicted octanol–water partition coefficient (Wildman–Crippen LogP) is 1.14. The lowest BCUT2D eigenvalue weighted by molar-refractivity contribution is 0.326. The van der Waals surface area contributed by atoms with Gasteiger partial charge in [0.05, 0.1) is 12.8 Å². The summed E-state index contributed by atoms with van der Waals surface area (Å²) in [5, 5.41) is 0. The van der Waals surface area contributed by atoms with Gasteiger partial charge in [0.2, 0.25) is 5.88 Å². The normalized spacial score (nSPS) is 11.2. The fourth-order valence-electron chi connectivity index (χ4n) is 0.744. The van der Waals surface area contributed by atoms with Gasteiger partial charge >= 0.3 is 10.2 Å². The molecule has 0 N–H and O–H groups in total. The van der Waals surface area contributed by atoms with Crippen molar-refractivity contribution >= 4 is 10.2 Å². The fraction of sp³-hybridized carbons (Fsp3) is 0.286. The Labute approximate surface area is 75.6 Å². The van der Waals surface area contributed by atoms with E-state index >= 15 is 0 Å². The highest BCUT2D eigenvalue weighted by Gasteiger charge is 2.11. The van der Waals surface area contributed by atoms with E-state index in [0.29, 0.717) is 6.61 Å². The first kappa shape index (κ1) is 9.91. The molecule has 72 valence electrons. The molecule has 0 radical (unpaired) electrons. The molecule has 1 rings (SSSR count). The van der Waals surface area contributed by atoms with Crippen LogP contribution in [-0.2, 0) is 10.2 Å². The van der Waals surface area contributed by atoms with Crippen LogP contribution in [0.15, 0.2) is 23.2 Å². The van der Waals surface area contributed by atoms with Gasteiger partial charge in [-0.2, -0.15) is 8.42 Å². The molecule has 1 aromatic heterocycles. The van der Waals surface area contributed by atoms with Gasteiger partial charge in [0.15, 0.2) is 0 Å². The highest BCUT2D eigenvalue weighted by molar-refractivity contribution is 7.86. The highest BCUT2D eigenvalue weighted by atomic mass is 32.3. The molecule has 0 amide bonds. The number of ether oxygens (including phenoxy) is 1. The Bertz CT molecular complexity index is 373. The van der Waals surface area contributed by atoms with Gasteiger partial charge in [-0.3, -0.25) is 0 Å². The largest absolute Gasteiger partial charge is 0.478 e. The molecule has 0 atom stereocenters. The van der Waals surface area contributed by atoms with Gasteiger partial charge in [0, 0.05) is 6.07 Å². The molecule has 0 aliphatic rings. The fourth-order valence-corrected chi connectivity index (χ4v) is 1.15. The quantitative estimate of drug-likeness (QED) is 0.694. The molecule has 0 aliphatic carbocycles. The second kappa shape index (κ2) is 3.69. The van der Waals surface area contributed by atoms with E-state index in [2.05, 4.69) is 4.98 Å². The second-order valence-electron chi connectivity index (χ2n) is 2.20. The van der Waals surface area contributed by atoms with Crippen molar-refractivity contribution in [1.82, 2.24) is 4.98 Å². The summed E-state index contributed by atoms with van der Waals surface area (Å²) in [5.74, 6) is 0.273. The number of hydrogen-bond acceptors (Lipinski definition) is 4. The van der Waals surface area contributed by atoms with Gasteiger partial charge in [-0.05, 0) is 13.0 Å². The number of halogens is 1. The maximum atomic E-state index is 12.3. The Balaban J connectivity index is 2.94. The van der Waals surface area contributed by atoms with E-state index in [1.807, 2.05) is 0 Å². The average molecular weight is 205 g/mol. The summed E-state index contributed by atoms with van der Waals surface area (Å²) in [6.45, 7) is 2.19. The van der Waals surface area contributed by atoms with Crippen LogP contribution in [0.3, 0.4) is 0 Å². The smallest absolute Gasteiger partial charge is 0.333 e. The monoisotopic (exact) mass is 205 g/mol. The zero-order valence-corrected chi connectivity index (χ0v) is 7.71. The van der Waals surface area contributed by atoms with E-state index in [1.165, 1.54) is 6.07 Å². The van der Waals surface area contributed by atoms with Crippen molar-refractivity contribution in [3.8, 4) is 5.88 Å². The molecule has 13 heavy (non-hydrogen) atoms. The molecule has 0 saturated heterocycles. The number of pyridine rings is 1. The molecular formula is C7H8FNO3S. The Kier molecular flexibility index (Phi) is 2.82. The lowest BCUT2D eigenvalue weighted by Gasteiger charge is -2.00. The minimum Gasteiger partial charge on any atom is -0.478 e. The summed E-state index contributed by atoms with van der Waals surface area (Å²) in [7, 11) is -4.65. The summed E-state index contributed by atoms with van der Waals surface area (Å²) in [6, 6.07) is 2.41. The summed E-state index contributed by atoms with van der Waals surface area (Å²) < 4.78 is 38.0. The van der Waals surface area contributed by atoms with Gasteiger partial charge in [0.1, 0.15) is 4.90 Å². The molecule has 0 saturated carbocycles. The van der Waals surface area contributed by atoms with E-state index in [-0.39, 0.29) is 5.88 Å². The standard InChI is InChI=1S/C7H8FNO3S/c1-2-12-7-4-3-6(5-9-7)13(8,10)11/h3-5H,2H2,1H3. The molecule has 0 fully saturated rings. The van der Waals surface area contributed by atoms with E-state index in [4.69, 9.17) is 4.74 Å². The highest BCUT2D eigenvalue weighted by Crippen LogP contribution is 2.13. The summed E-state index contributed by atoms with van der Waals surface area (Å²) in [4.78, 5) is 3.13. The molecule has 0 aromatic carbocycles. The van der Waals surface area contributed by atoms with Gasteiger partial charge in [0.25, 0.3) is 0 Å². The predicted molar refractivity (Wildman–Crippen MR) is 43.7 cm³/mol. The topological polar surface area (TPSA) is 56.3 Å². The SMILES string of the molecule is CCOc1ccc(S(=O)(=O)F)cn1. The van der Waals surface area contributed by atoms with Crippen molar-refractivity contribution in [1.29, 1.82) is 0 Å². The Hall–Kier alpha value is -1.17. The maximum Gasteiger partial charge on any atom is 0.333 e. The first-order chi connectivity index (χ1) is 6.04. The van der Waals surface area contributed by atoms with E-state index in [0.717, 1.165) is 12.3 Å². The lowest BCUT2D eigenvalue weighted by Crippen LogP contribution is -1.96. The molecule has 1 aromatic rings. The third-order valence-electron chi connectivity index (χ3n) is 1.28. The van der Waals surface area contributed by atoms with Crippen LogP contribution in [0.4, 0.5) is 3.89 Å². The van der Waals surface area contributed by atoms with Crippen LogP contribution < -0.4 is 4.74 Å². The minimum absolute atomic E-state index is 0.273. The van der Waals surface area contributed by atoms with Gasteiger partial charge in [-0.15, -0.1) is 3.89 Å². The van der Waals surface area contributed by atoms with Crippen LogP contribution in [0.2, 0.25) is 0 Å². The van der Waals surface area contributed by atoms with Crippen LogP contribution in [0.5, 0.6) is 5.88 Å². The van der Waals surface area contributed by atoms with Gasteiger partial charge in [-0.25, -0.2) is 4.98 Å². The maximum absolute atomic E-state index is 12.3. The van der Waals surface area contributed by atoms with Crippen molar-refractivity contribution in [2.75, 3.05) is 6.61 Å². The van der Waals surface area contributed by atoms with Crippen LogP contribution >= 0.6 is 0 Å². The first-order valence-electron chi connectivity index (χ1n) is 3.57. The van der Waals surface area contributed by atoms with Crippen LogP contribution in [-0.4, -0.2) is 20.0 Å². The lowest BCUT2D eigenvalue weighted by atomic mass is 10.5. The van der Waals surface area contributed by atoms with Gasteiger partial charge in [-0.1, -0.05) is 0 Å². The zero-order chi connectivity index (χ0) is 9.90. The Morgan fingerprint density at radius 1 is 1.54 bits per heavy atom. The molecule has 0 aliphatic heterocycles. The van der Waals surface area contributed by atoms with E-state index in [1.54, 1.807) is 6.92 Å². The Morgan fingerprint density at radius 3 is 2.62 bits per heavy atom. The molecule has 1 heterocycles. The summed E-state index contributed by atoms with van der Waals surface area (Å²) >= 11 is 0. The third-order valence-corrected chi connectivity index (χ3v) is 2.09. The number of aromatic nitrogens is 1. The van der Waals surface area contributed by atoms with E-state index in [9.17, 15) is 12.3 Å². The summed E-state index contributed by atoms with van der Waals surface area (Å²) in [6.07, 6.45) is 0.917. The zero-order valence-electron chi connectivity index (χ0n) is 6.90. The van der Waals surface area contributed by atoms with Crippen molar-refractivity contribution in [2.24, 2.45) is 0 Å². The van der Waals surface area contributed by atoms with E-state index < -0.39 is 15.1 Å². The molecule has 0 unspecified atom stereocenters. The van der Waals surface area contributed by atoms with Gasteiger partial charge < -0.3 is 4.74 Å². The van der Waals surface area contributed by atoms with Crippen molar-refractivity contribution in [2.45, 2.75) is 11.8 Å².